The zero-order chi connectivity index (χ0) is 17.0. The number of hydrogen-bond acceptors (Lipinski definition) is 3. The smallest absolute Gasteiger partial charge is 0.332 e. The highest BCUT2D eigenvalue weighted by molar-refractivity contribution is 5.98. The lowest BCUT2D eigenvalue weighted by Gasteiger charge is -2.15. The molecule has 0 fully saturated rings. The number of carboxylic acid groups (broad SMARTS) is 2. The molecule has 0 aromatic rings. The van der Waals surface area contributed by atoms with E-state index in [2.05, 4.69) is 18.9 Å². The fraction of sp³-hybridized carbons (Fsp3) is 0.765. The summed E-state index contributed by atoms with van der Waals surface area (Å²) in [6.07, 6.45) is 6.85. The first-order chi connectivity index (χ1) is 10.4. The minimum Gasteiger partial charge on any atom is -0.478 e. The van der Waals surface area contributed by atoms with Gasteiger partial charge in [-0.1, -0.05) is 33.1 Å². The summed E-state index contributed by atoms with van der Waals surface area (Å²) in [5.74, 6) is -2.21. The number of carboxylic acids is 2. The van der Waals surface area contributed by atoms with Gasteiger partial charge in [-0.2, -0.15) is 0 Å². The standard InChI is InChI=1S/C17H31NO4/c1-4-6-12-18(3)13-10-8-7-9-11-15(17(21)22)14(5-2)16(19)20/h4-13H2,1-3H3,(H,19,20)(H,21,22). The molecule has 0 aliphatic rings. The second-order valence-electron chi connectivity index (χ2n) is 5.74. The molecule has 0 aromatic carbocycles. The predicted octanol–water partition coefficient (Wildman–Crippen LogP) is 3.54. The quantitative estimate of drug-likeness (QED) is 0.401. The van der Waals surface area contributed by atoms with E-state index in [9.17, 15) is 9.59 Å². The average Bonchev–Trinajstić information content (AvgIpc) is 2.46. The van der Waals surface area contributed by atoms with Crippen molar-refractivity contribution in [3.8, 4) is 0 Å². The molecule has 0 rings (SSSR count). The molecule has 0 atom stereocenters. The van der Waals surface area contributed by atoms with Gasteiger partial charge in [-0.05, 0) is 52.2 Å². The van der Waals surface area contributed by atoms with Crippen LogP contribution in [0.25, 0.3) is 0 Å². The second-order valence-corrected chi connectivity index (χ2v) is 5.74. The largest absolute Gasteiger partial charge is 0.478 e. The highest BCUT2D eigenvalue weighted by atomic mass is 16.4. The molecule has 5 heteroatoms. The van der Waals surface area contributed by atoms with Crippen molar-refractivity contribution in [1.82, 2.24) is 4.90 Å². The summed E-state index contributed by atoms with van der Waals surface area (Å²) >= 11 is 0. The number of unbranched alkanes of at least 4 members (excludes halogenated alkanes) is 4. The van der Waals surface area contributed by atoms with Crippen LogP contribution in [0.3, 0.4) is 0 Å². The van der Waals surface area contributed by atoms with Crippen LogP contribution in [0, 0.1) is 0 Å². The van der Waals surface area contributed by atoms with E-state index in [0.717, 1.165) is 38.8 Å². The fourth-order valence-corrected chi connectivity index (χ4v) is 2.46. The molecular weight excluding hydrogens is 282 g/mol. The first-order valence-electron chi connectivity index (χ1n) is 8.31. The molecule has 22 heavy (non-hydrogen) atoms. The van der Waals surface area contributed by atoms with Crippen molar-refractivity contribution in [2.45, 2.75) is 65.2 Å². The number of nitrogens with zero attached hydrogens (tertiary/aromatic N) is 1. The van der Waals surface area contributed by atoms with Gasteiger partial charge in [-0.25, -0.2) is 9.59 Å². The molecule has 128 valence electrons. The van der Waals surface area contributed by atoms with Gasteiger partial charge in [0.1, 0.15) is 0 Å². The molecule has 0 aliphatic heterocycles. The monoisotopic (exact) mass is 313 g/mol. The molecule has 0 saturated carbocycles. The van der Waals surface area contributed by atoms with Gasteiger partial charge in [0, 0.05) is 11.1 Å². The minimum absolute atomic E-state index is 0.0341. The van der Waals surface area contributed by atoms with E-state index in [-0.39, 0.29) is 17.6 Å². The van der Waals surface area contributed by atoms with E-state index in [4.69, 9.17) is 10.2 Å². The van der Waals surface area contributed by atoms with E-state index in [1.165, 1.54) is 12.8 Å². The molecule has 0 saturated heterocycles. The Balaban J connectivity index is 4.07. The fourth-order valence-electron chi connectivity index (χ4n) is 2.46. The highest BCUT2D eigenvalue weighted by Crippen LogP contribution is 2.17. The molecule has 5 nitrogen and oxygen atoms in total. The molecule has 2 N–H and O–H groups in total. The first-order valence-corrected chi connectivity index (χ1v) is 8.31. The van der Waals surface area contributed by atoms with E-state index in [0.29, 0.717) is 6.42 Å². The van der Waals surface area contributed by atoms with Crippen LogP contribution in [-0.2, 0) is 9.59 Å². The van der Waals surface area contributed by atoms with Crippen molar-refractivity contribution in [2.75, 3.05) is 20.1 Å². The Labute approximate surface area is 134 Å². The second kappa shape index (κ2) is 12.2. The summed E-state index contributed by atoms with van der Waals surface area (Å²) in [5, 5.41) is 18.2. The Bertz CT molecular complexity index is 377. The van der Waals surface area contributed by atoms with Gasteiger partial charge in [0.25, 0.3) is 0 Å². The van der Waals surface area contributed by atoms with E-state index >= 15 is 0 Å². The maximum absolute atomic E-state index is 11.2. The maximum atomic E-state index is 11.2. The lowest BCUT2D eigenvalue weighted by molar-refractivity contribution is -0.136. The summed E-state index contributed by atoms with van der Waals surface area (Å²) in [4.78, 5) is 24.6. The third kappa shape index (κ3) is 8.82. The van der Waals surface area contributed by atoms with Gasteiger partial charge < -0.3 is 15.1 Å². The summed E-state index contributed by atoms with van der Waals surface area (Å²) < 4.78 is 0. The van der Waals surface area contributed by atoms with Crippen LogP contribution >= 0.6 is 0 Å². The van der Waals surface area contributed by atoms with Crippen LogP contribution in [0.1, 0.15) is 65.2 Å². The molecule has 0 spiro atoms. The Morgan fingerprint density at radius 1 is 0.818 bits per heavy atom. The zero-order valence-electron chi connectivity index (χ0n) is 14.2. The molecule has 0 radical (unpaired) electrons. The summed E-state index contributed by atoms with van der Waals surface area (Å²) in [5.41, 5.74) is 0.0989. The van der Waals surface area contributed by atoms with Crippen molar-refractivity contribution < 1.29 is 19.8 Å². The maximum Gasteiger partial charge on any atom is 0.332 e. The van der Waals surface area contributed by atoms with Crippen molar-refractivity contribution in [2.24, 2.45) is 0 Å². The average molecular weight is 313 g/mol. The lowest BCUT2D eigenvalue weighted by Crippen LogP contribution is -2.20. The molecule has 0 bridgehead atoms. The van der Waals surface area contributed by atoms with Gasteiger partial charge in [-0.15, -0.1) is 0 Å². The molecular formula is C17H31NO4. The van der Waals surface area contributed by atoms with Gasteiger partial charge in [-0.3, -0.25) is 0 Å². The number of carbonyl (C=O) groups is 2. The molecule has 0 aromatic heterocycles. The van der Waals surface area contributed by atoms with Crippen LogP contribution in [0.2, 0.25) is 0 Å². The van der Waals surface area contributed by atoms with Crippen molar-refractivity contribution >= 4 is 11.9 Å². The van der Waals surface area contributed by atoms with Gasteiger partial charge >= 0.3 is 11.9 Å². The first kappa shape index (κ1) is 20.6. The Hall–Kier alpha value is -1.36. The summed E-state index contributed by atoms with van der Waals surface area (Å²) in [6, 6.07) is 0. The predicted molar refractivity (Wildman–Crippen MR) is 88.1 cm³/mol. The Kier molecular flexibility index (Phi) is 11.5. The SMILES string of the molecule is CCCCN(C)CCCCCCC(C(=O)O)=C(CC)C(=O)O. The van der Waals surface area contributed by atoms with Gasteiger partial charge in [0.2, 0.25) is 0 Å². The summed E-state index contributed by atoms with van der Waals surface area (Å²) in [7, 11) is 2.13. The van der Waals surface area contributed by atoms with Gasteiger partial charge in [0.15, 0.2) is 0 Å². The van der Waals surface area contributed by atoms with Crippen LogP contribution in [0.4, 0.5) is 0 Å². The topological polar surface area (TPSA) is 77.8 Å². The third-order valence-electron chi connectivity index (χ3n) is 3.84. The lowest BCUT2D eigenvalue weighted by atomic mass is 9.99. The normalized spacial score (nSPS) is 12.4. The van der Waals surface area contributed by atoms with Crippen molar-refractivity contribution in [3.05, 3.63) is 11.1 Å². The third-order valence-corrected chi connectivity index (χ3v) is 3.84. The van der Waals surface area contributed by atoms with Crippen LogP contribution in [0.15, 0.2) is 11.1 Å². The number of hydrogen-bond donors (Lipinski definition) is 2. The zero-order valence-corrected chi connectivity index (χ0v) is 14.2. The van der Waals surface area contributed by atoms with E-state index < -0.39 is 11.9 Å². The Morgan fingerprint density at radius 2 is 1.36 bits per heavy atom. The molecule has 0 unspecified atom stereocenters. The van der Waals surface area contributed by atoms with E-state index in [1.807, 2.05) is 0 Å². The number of rotatable bonds is 13. The molecule has 0 amide bonds. The minimum atomic E-state index is -1.11. The molecule has 0 aliphatic carbocycles. The molecule has 0 heterocycles. The Morgan fingerprint density at radius 3 is 1.86 bits per heavy atom. The van der Waals surface area contributed by atoms with Crippen molar-refractivity contribution in [3.63, 3.8) is 0 Å². The van der Waals surface area contributed by atoms with Crippen LogP contribution in [0.5, 0.6) is 0 Å². The van der Waals surface area contributed by atoms with Gasteiger partial charge in [0.05, 0.1) is 0 Å². The van der Waals surface area contributed by atoms with Crippen LogP contribution in [-0.4, -0.2) is 47.2 Å². The van der Waals surface area contributed by atoms with Crippen LogP contribution < -0.4 is 0 Å². The highest BCUT2D eigenvalue weighted by Gasteiger charge is 2.17. The van der Waals surface area contributed by atoms with Crippen molar-refractivity contribution in [1.29, 1.82) is 0 Å². The van der Waals surface area contributed by atoms with E-state index in [1.54, 1.807) is 6.92 Å². The number of aliphatic carboxylic acids is 2. The summed E-state index contributed by atoms with van der Waals surface area (Å²) in [6.45, 7) is 6.06.